The Kier molecular flexibility index (Phi) is 6.83. The molecule has 18 heavy (non-hydrogen) atoms. The fourth-order valence-corrected chi connectivity index (χ4v) is 2.08. The van der Waals surface area contributed by atoms with E-state index in [0.717, 1.165) is 32.4 Å². The maximum atomic E-state index is 12.8. The van der Waals surface area contributed by atoms with Gasteiger partial charge in [-0.15, -0.1) is 28.7 Å². The zero-order valence-corrected chi connectivity index (χ0v) is 11.8. The molecular formula is C9H14Cl2FN3O2S. The molecule has 1 aliphatic rings. The Morgan fingerprint density at radius 1 is 1.22 bits per heavy atom. The van der Waals surface area contributed by atoms with E-state index in [2.05, 4.69) is 10.3 Å². The highest BCUT2D eigenvalue weighted by molar-refractivity contribution is 7.86. The van der Waals surface area contributed by atoms with Gasteiger partial charge >= 0.3 is 10.2 Å². The van der Waals surface area contributed by atoms with Gasteiger partial charge in [0.1, 0.15) is 4.90 Å². The Balaban J connectivity index is 0.00000144. The second-order valence-corrected chi connectivity index (χ2v) is 4.90. The molecule has 9 heteroatoms. The van der Waals surface area contributed by atoms with Crippen molar-refractivity contribution in [3.05, 3.63) is 18.5 Å². The average molecular weight is 318 g/mol. The fourth-order valence-electron chi connectivity index (χ4n) is 1.64. The number of halogens is 3. The van der Waals surface area contributed by atoms with Crippen molar-refractivity contribution < 1.29 is 12.3 Å². The van der Waals surface area contributed by atoms with Crippen LogP contribution in [-0.2, 0) is 10.2 Å². The molecule has 2 heterocycles. The third-order valence-electron chi connectivity index (χ3n) is 2.46. The van der Waals surface area contributed by atoms with Crippen molar-refractivity contribution in [2.75, 3.05) is 31.1 Å². The molecular weight excluding hydrogens is 304 g/mol. The summed E-state index contributed by atoms with van der Waals surface area (Å²) in [6.07, 6.45) is 2.56. The van der Waals surface area contributed by atoms with Crippen LogP contribution >= 0.6 is 24.8 Å². The van der Waals surface area contributed by atoms with Crippen LogP contribution in [0.3, 0.4) is 0 Å². The summed E-state index contributed by atoms with van der Waals surface area (Å²) in [5, 5.41) is 3.17. The molecule has 1 aromatic heterocycles. The van der Waals surface area contributed by atoms with Crippen molar-refractivity contribution in [3.63, 3.8) is 0 Å². The lowest BCUT2D eigenvalue weighted by atomic mass is 10.3. The molecule has 0 unspecified atom stereocenters. The van der Waals surface area contributed by atoms with E-state index in [1.54, 1.807) is 6.20 Å². The van der Waals surface area contributed by atoms with Crippen LogP contribution in [0.4, 0.5) is 9.57 Å². The lowest BCUT2D eigenvalue weighted by Gasteiger charge is -2.29. The lowest BCUT2D eigenvalue weighted by molar-refractivity contribution is 0.551. The number of pyridine rings is 1. The second kappa shape index (κ2) is 7.08. The van der Waals surface area contributed by atoms with Gasteiger partial charge in [-0.25, -0.2) is 0 Å². The topological polar surface area (TPSA) is 62.3 Å². The van der Waals surface area contributed by atoms with Crippen LogP contribution in [0.2, 0.25) is 0 Å². The molecule has 5 nitrogen and oxygen atoms in total. The maximum absolute atomic E-state index is 12.8. The molecule has 104 valence electrons. The molecule has 0 spiro atoms. The van der Waals surface area contributed by atoms with Gasteiger partial charge in [-0.05, 0) is 6.07 Å². The van der Waals surface area contributed by atoms with Gasteiger partial charge in [0.15, 0.2) is 0 Å². The molecule has 1 saturated heterocycles. The molecule has 1 N–H and O–H groups in total. The minimum atomic E-state index is -4.67. The summed E-state index contributed by atoms with van der Waals surface area (Å²) in [6.45, 7) is 3.17. The summed E-state index contributed by atoms with van der Waals surface area (Å²) >= 11 is 0. The van der Waals surface area contributed by atoms with Gasteiger partial charge in [0.25, 0.3) is 0 Å². The number of hydrogen-bond donors (Lipinski definition) is 1. The summed E-state index contributed by atoms with van der Waals surface area (Å²) in [4.78, 5) is 5.33. The van der Waals surface area contributed by atoms with E-state index >= 15 is 0 Å². The first kappa shape index (κ1) is 17.4. The number of nitrogens with one attached hydrogen (secondary N) is 1. The Labute approximate surface area is 118 Å². The van der Waals surface area contributed by atoms with Crippen LogP contribution in [0, 0.1) is 0 Å². The summed E-state index contributed by atoms with van der Waals surface area (Å²) in [7, 11) is -4.67. The molecule has 0 saturated carbocycles. The highest BCUT2D eigenvalue weighted by Gasteiger charge is 2.16. The number of anilines is 1. The predicted molar refractivity (Wildman–Crippen MR) is 72.1 cm³/mol. The molecule has 1 fully saturated rings. The number of hydrogen-bond acceptors (Lipinski definition) is 5. The number of nitrogens with zero attached hydrogens (tertiary/aromatic N) is 2. The molecule has 0 aromatic carbocycles. The van der Waals surface area contributed by atoms with Gasteiger partial charge in [0, 0.05) is 32.4 Å². The van der Waals surface area contributed by atoms with Crippen LogP contribution in [0.1, 0.15) is 0 Å². The van der Waals surface area contributed by atoms with Crippen molar-refractivity contribution in [1.29, 1.82) is 0 Å². The Morgan fingerprint density at radius 3 is 2.39 bits per heavy atom. The van der Waals surface area contributed by atoms with E-state index in [4.69, 9.17) is 0 Å². The molecule has 0 atom stereocenters. The van der Waals surface area contributed by atoms with Crippen LogP contribution in [0.25, 0.3) is 0 Å². The molecule has 0 bridgehead atoms. The molecule has 0 amide bonds. The van der Waals surface area contributed by atoms with Gasteiger partial charge < -0.3 is 10.2 Å². The van der Waals surface area contributed by atoms with Crippen molar-refractivity contribution in [2.24, 2.45) is 0 Å². The number of piperazine rings is 1. The molecule has 1 aliphatic heterocycles. The van der Waals surface area contributed by atoms with Crippen LogP contribution in [0.5, 0.6) is 0 Å². The van der Waals surface area contributed by atoms with Gasteiger partial charge in [-0.3, -0.25) is 4.98 Å². The normalized spacial score (nSPS) is 15.5. The van der Waals surface area contributed by atoms with E-state index in [1.165, 1.54) is 6.07 Å². The average Bonchev–Trinajstić information content (AvgIpc) is 2.29. The lowest BCUT2D eigenvalue weighted by Crippen LogP contribution is -2.43. The van der Waals surface area contributed by atoms with Crippen LogP contribution in [-0.4, -0.2) is 39.6 Å². The van der Waals surface area contributed by atoms with E-state index < -0.39 is 10.2 Å². The van der Waals surface area contributed by atoms with E-state index in [-0.39, 0.29) is 29.7 Å². The maximum Gasteiger partial charge on any atom is 0.333 e. The SMILES string of the molecule is Cl.Cl.O=S(=O)(F)c1cncc(N2CCNCC2)c1. The first-order valence-electron chi connectivity index (χ1n) is 4.93. The van der Waals surface area contributed by atoms with Gasteiger partial charge in [-0.2, -0.15) is 8.42 Å². The van der Waals surface area contributed by atoms with Gasteiger partial charge in [0.05, 0.1) is 11.9 Å². The largest absolute Gasteiger partial charge is 0.368 e. The van der Waals surface area contributed by atoms with Crippen LogP contribution < -0.4 is 10.2 Å². The molecule has 1 aromatic rings. The smallest absolute Gasteiger partial charge is 0.333 e. The summed E-state index contributed by atoms with van der Waals surface area (Å²) in [6, 6.07) is 1.31. The summed E-state index contributed by atoms with van der Waals surface area (Å²) < 4.78 is 34.2. The second-order valence-electron chi connectivity index (χ2n) is 3.55. The van der Waals surface area contributed by atoms with Crippen molar-refractivity contribution in [2.45, 2.75) is 4.90 Å². The Bertz CT molecular complexity index is 480. The third-order valence-corrected chi connectivity index (χ3v) is 3.25. The monoisotopic (exact) mass is 317 g/mol. The minimum absolute atomic E-state index is 0. The molecule has 2 rings (SSSR count). The highest BCUT2D eigenvalue weighted by atomic mass is 35.5. The van der Waals surface area contributed by atoms with E-state index in [1.807, 2.05) is 4.90 Å². The summed E-state index contributed by atoms with van der Waals surface area (Å²) in [5.74, 6) is 0. The zero-order chi connectivity index (χ0) is 11.6. The molecule has 0 aliphatic carbocycles. The van der Waals surface area contributed by atoms with E-state index in [9.17, 15) is 12.3 Å². The molecule has 0 radical (unpaired) electrons. The van der Waals surface area contributed by atoms with Crippen molar-refractivity contribution in [1.82, 2.24) is 10.3 Å². The Hall–Kier alpha value is -0.630. The summed E-state index contributed by atoms with van der Waals surface area (Å²) in [5.41, 5.74) is 0.639. The zero-order valence-electron chi connectivity index (χ0n) is 9.37. The number of aromatic nitrogens is 1. The van der Waals surface area contributed by atoms with E-state index in [0.29, 0.717) is 5.69 Å². The fraction of sp³-hybridized carbons (Fsp3) is 0.444. The van der Waals surface area contributed by atoms with Crippen LogP contribution in [0.15, 0.2) is 23.4 Å². The first-order chi connectivity index (χ1) is 7.57. The van der Waals surface area contributed by atoms with Crippen molar-refractivity contribution in [3.8, 4) is 0 Å². The number of rotatable bonds is 2. The first-order valence-corrected chi connectivity index (χ1v) is 6.31. The quantitative estimate of drug-likeness (QED) is 0.824. The standard InChI is InChI=1S/C9H12FN3O2S.2ClH/c10-16(14,15)9-5-8(6-12-7-9)13-3-1-11-2-4-13;;/h5-7,11H,1-4H2;2*1H. The highest BCUT2D eigenvalue weighted by Crippen LogP contribution is 2.19. The van der Waals surface area contributed by atoms with Crippen molar-refractivity contribution >= 4 is 40.7 Å². The van der Waals surface area contributed by atoms with Gasteiger partial charge in [-0.1, -0.05) is 0 Å². The predicted octanol–water partition coefficient (Wildman–Crippen LogP) is 0.993. The van der Waals surface area contributed by atoms with Gasteiger partial charge in [0.2, 0.25) is 0 Å². The minimum Gasteiger partial charge on any atom is -0.368 e. The third kappa shape index (κ3) is 4.24. The Morgan fingerprint density at radius 2 is 1.83 bits per heavy atom.